The van der Waals surface area contributed by atoms with Gasteiger partial charge in [0.2, 0.25) is 11.8 Å². The van der Waals surface area contributed by atoms with Gasteiger partial charge in [0.05, 0.1) is 12.5 Å². The minimum absolute atomic E-state index is 0.0182. The lowest BCUT2D eigenvalue weighted by Gasteiger charge is -2.14. The highest BCUT2D eigenvalue weighted by Gasteiger charge is 2.15. The Morgan fingerprint density at radius 2 is 1.81 bits per heavy atom. The highest BCUT2D eigenvalue weighted by Crippen LogP contribution is 2.08. The van der Waals surface area contributed by atoms with Crippen LogP contribution in [-0.2, 0) is 9.59 Å². The Balaban J connectivity index is 3.82. The van der Waals surface area contributed by atoms with E-state index in [1.165, 1.54) is 6.92 Å². The van der Waals surface area contributed by atoms with Crippen molar-refractivity contribution < 1.29 is 14.7 Å². The molecule has 0 bridgehead atoms. The third-order valence-corrected chi connectivity index (χ3v) is 2.30. The Bertz CT molecular complexity index is 241. The Hall–Kier alpha value is -1.10. The number of aliphatic hydroxyl groups excluding tert-OH is 1. The molecule has 0 aliphatic carbocycles. The second-order valence-electron chi connectivity index (χ2n) is 4.52. The predicted octanol–water partition coefficient (Wildman–Crippen LogP) is 0.164. The first-order chi connectivity index (χ1) is 7.32. The predicted molar refractivity (Wildman–Crippen MR) is 61.5 cm³/mol. The molecule has 0 aliphatic heterocycles. The standard InChI is InChI=1S/C11H22N2O3/c1-7(2)4-5-9(14)6-10(15)13-8(3)11(12)16/h7-9,14H,4-6H2,1-3H3,(H2,12,16)(H,13,15)/t8-,9+/m0/s1. The Kier molecular flexibility index (Phi) is 6.72. The summed E-state index contributed by atoms with van der Waals surface area (Å²) in [4.78, 5) is 22.0. The summed E-state index contributed by atoms with van der Waals surface area (Å²) in [5, 5.41) is 12.0. The molecule has 0 spiro atoms. The molecular formula is C11H22N2O3. The third-order valence-electron chi connectivity index (χ3n) is 2.30. The zero-order valence-electron chi connectivity index (χ0n) is 10.2. The largest absolute Gasteiger partial charge is 0.393 e. The van der Waals surface area contributed by atoms with Crippen molar-refractivity contribution in [3.63, 3.8) is 0 Å². The van der Waals surface area contributed by atoms with E-state index >= 15 is 0 Å². The molecule has 0 unspecified atom stereocenters. The SMILES string of the molecule is CC(C)CC[C@@H](O)CC(=O)N[C@@H](C)C(N)=O. The third kappa shape index (κ3) is 7.23. The summed E-state index contributed by atoms with van der Waals surface area (Å²) in [7, 11) is 0. The second kappa shape index (κ2) is 7.22. The number of hydrogen-bond acceptors (Lipinski definition) is 3. The molecule has 2 atom stereocenters. The molecule has 0 rings (SSSR count). The Morgan fingerprint density at radius 3 is 2.25 bits per heavy atom. The normalized spacial score (nSPS) is 14.6. The van der Waals surface area contributed by atoms with E-state index in [9.17, 15) is 14.7 Å². The zero-order valence-corrected chi connectivity index (χ0v) is 10.2. The van der Waals surface area contributed by atoms with Gasteiger partial charge in [0.25, 0.3) is 0 Å². The molecule has 4 N–H and O–H groups in total. The van der Waals surface area contributed by atoms with Gasteiger partial charge >= 0.3 is 0 Å². The van der Waals surface area contributed by atoms with E-state index in [0.717, 1.165) is 6.42 Å². The number of rotatable bonds is 7. The van der Waals surface area contributed by atoms with Gasteiger partial charge in [-0.3, -0.25) is 9.59 Å². The van der Waals surface area contributed by atoms with Crippen molar-refractivity contribution in [2.45, 2.75) is 52.2 Å². The number of carbonyl (C=O) groups excluding carboxylic acids is 2. The van der Waals surface area contributed by atoms with E-state index in [-0.39, 0.29) is 12.3 Å². The van der Waals surface area contributed by atoms with Gasteiger partial charge in [-0.2, -0.15) is 0 Å². The summed E-state index contributed by atoms with van der Waals surface area (Å²) in [6.07, 6.45) is 0.836. The molecule has 0 saturated heterocycles. The average Bonchev–Trinajstić information content (AvgIpc) is 2.14. The van der Waals surface area contributed by atoms with Crippen LogP contribution in [0.15, 0.2) is 0 Å². The van der Waals surface area contributed by atoms with Crippen molar-refractivity contribution in [1.29, 1.82) is 0 Å². The summed E-state index contributed by atoms with van der Waals surface area (Å²) in [5.74, 6) is -0.421. The van der Waals surface area contributed by atoms with E-state index in [1.807, 2.05) is 0 Å². The molecule has 0 aromatic carbocycles. The number of nitrogens with one attached hydrogen (secondary N) is 1. The van der Waals surface area contributed by atoms with Crippen molar-refractivity contribution in [3.8, 4) is 0 Å². The molecule has 0 saturated carbocycles. The maximum Gasteiger partial charge on any atom is 0.239 e. The highest BCUT2D eigenvalue weighted by atomic mass is 16.3. The van der Waals surface area contributed by atoms with Crippen LogP contribution in [0.5, 0.6) is 0 Å². The van der Waals surface area contributed by atoms with Crippen LogP contribution < -0.4 is 11.1 Å². The first kappa shape index (κ1) is 14.9. The number of aliphatic hydroxyl groups is 1. The number of nitrogens with two attached hydrogens (primary N) is 1. The van der Waals surface area contributed by atoms with Crippen LogP contribution in [0.4, 0.5) is 0 Å². The van der Waals surface area contributed by atoms with Crippen LogP contribution in [0.1, 0.15) is 40.0 Å². The zero-order chi connectivity index (χ0) is 12.7. The number of primary amides is 1. The Morgan fingerprint density at radius 1 is 1.25 bits per heavy atom. The molecule has 16 heavy (non-hydrogen) atoms. The summed E-state index contributed by atoms with van der Waals surface area (Å²) in [6, 6.07) is -0.690. The lowest BCUT2D eigenvalue weighted by Crippen LogP contribution is -2.43. The highest BCUT2D eigenvalue weighted by molar-refractivity contribution is 5.86. The minimum Gasteiger partial charge on any atom is -0.393 e. The molecule has 0 aromatic rings. The van der Waals surface area contributed by atoms with E-state index in [1.54, 1.807) is 0 Å². The molecule has 5 nitrogen and oxygen atoms in total. The van der Waals surface area contributed by atoms with Gasteiger partial charge in [-0.1, -0.05) is 13.8 Å². The van der Waals surface area contributed by atoms with Gasteiger partial charge in [0.15, 0.2) is 0 Å². The van der Waals surface area contributed by atoms with Crippen LogP contribution >= 0.6 is 0 Å². The molecule has 0 heterocycles. The fraction of sp³-hybridized carbons (Fsp3) is 0.818. The van der Waals surface area contributed by atoms with Gasteiger partial charge in [-0.05, 0) is 25.7 Å². The first-order valence-corrected chi connectivity index (χ1v) is 5.59. The van der Waals surface area contributed by atoms with Crippen molar-refractivity contribution in [2.75, 3.05) is 0 Å². The van der Waals surface area contributed by atoms with Crippen molar-refractivity contribution >= 4 is 11.8 Å². The lowest BCUT2D eigenvalue weighted by atomic mass is 10.0. The van der Waals surface area contributed by atoms with E-state index in [0.29, 0.717) is 12.3 Å². The van der Waals surface area contributed by atoms with E-state index in [2.05, 4.69) is 19.2 Å². The fourth-order valence-corrected chi connectivity index (χ4v) is 1.21. The van der Waals surface area contributed by atoms with E-state index in [4.69, 9.17) is 5.73 Å². The number of hydrogen-bond donors (Lipinski definition) is 3. The average molecular weight is 230 g/mol. The van der Waals surface area contributed by atoms with Crippen LogP contribution in [0.25, 0.3) is 0 Å². The van der Waals surface area contributed by atoms with Crippen molar-refractivity contribution in [1.82, 2.24) is 5.32 Å². The van der Waals surface area contributed by atoms with Crippen LogP contribution in [0, 0.1) is 5.92 Å². The summed E-state index contributed by atoms with van der Waals surface area (Å²) >= 11 is 0. The molecule has 0 aliphatic rings. The summed E-state index contributed by atoms with van der Waals surface area (Å²) in [6.45, 7) is 5.63. The molecule has 0 fully saturated rings. The summed E-state index contributed by atoms with van der Waals surface area (Å²) < 4.78 is 0. The Labute approximate surface area is 96.4 Å². The second-order valence-corrected chi connectivity index (χ2v) is 4.52. The quantitative estimate of drug-likeness (QED) is 0.582. The molecule has 5 heteroatoms. The molecule has 0 radical (unpaired) electrons. The molecule has 2 amide bonds. The van der Waals surface area contributed by atoms with Gasteiger partial charge in [0, 0.05) is 0 Å². The van der Waals surface area contributed by atoms with E-state index < -0.39 is 18.1 Å². The molecule has 94 valence electrons. The van der Waals surface area contributed by atoms with Gasteiger partial charge in [-0.25, -0.2) is 0 Å². The van der Waals surface area contributed by atoms with Gasteiger partial charge < -0.3 is 16.2 Å². The van der Waals surface area contributed by atoms with Crippen LogP contribution in [0.2, 0.25) is 0 Å². The van der Waals surface area contributed by atoms with Crippen LogP contribution in [0.3, 0.4) is 0 Å². The summed E-state index contributed by atoms with van der Waals surface area (Å²) in [5.41, 5.74) is 5.00. The molecular weight excluding hydrogens is 208 g/mol. The lowest BCUT2D eigenvalue weighted by molar-refractivity contribution is -0.128. The van der Waals surface area contributed by atoms with Gasteiger partial charge in [-0.15, -0.1) is 0 Å². The first-order valence-electron chi connectivity index (χ1n) is 5.59. The van der Waals surface area contributed by atoms with Gasteiger partial charge in [0.1, 0.15) is 6.04 Å². The monoisotopic (exact) mass is 230 g/mol. The van der Waals surface area contributed by atoms with Crippen molar-refractivity contribution in [3.05, 3.63) is 0 Å². The maximum atomic E-state index is 11.3. The molecule has 0 aromatic heterocycles. The number of amides is 2. The maximum absolute atomic E-state index is 11.3. The minimum atomic E-state index is -0.690. The smallest absolute Gasteiger partial charge is 0.239 e. The topological polar surface area (TPSA) is 92.4 Å². The fourth-order valence-electron chi connectivity index (χ4n) is 1.21. The number of carbonyl (C=O) groups is 2. The van der Waals surface area contributed by atoms with Crippen molar-refractivity contribution in [2.24, 2.45) is 11.7 Å². The van der Waals surface area contributed by atoms with Crippen LogP contribution in [-0.4, -0.2) is 29.1 Å².